The third-order valence-electron chi connectivity index (χ3n) is 5.25. The molecule has 2 aliphatic heterocycles. The molecule has 0 saturated carbocycles. The van der Waals surface area contributed by atoms with Gasteiger partial charge in [-0.05, 0) is 33.6 Å². The molecule has 2 aromatic carbocycles. The zero-order chi connectivity index (χ0) is 17.1. The molecule has 0 fully saturated rings. The molecule has 0 N–H and O–H groups in total. The number of rotatable bonds is 0. The normalized spacial score (nSPS) is 13.9. The van der Waals surface area contributed by atoms with Crippen molar-refractivity contribution < 1.29 is 0 Å². The molecule has 2 aromatic heterocycles. The lowest BCUT2D eigenvalue weighted by Gasteiger charge is -2.43. The molecule has 0 spiro atoms. The van der Waals surface area contributed by atoms with E-state index in [-0.39, 0.29) is 0 Å². The Balaban J connectivity index is 1.77. The van der Waals surface area contributed by atoms with Crippen molar-refractivity contribution in [3.05, 3.63) is 85.5 Å². The van der Waals surface area contributed by atoms with Gasteiger partial charge in [-0.2, -0.15) is 0 Å². The Labute approximate surface area is 153 Å². The van der Waals surface area contributed by atoms with Gasteiger partial charge in [0, 0.05) is 47.3 Å². The van der Waals surface area contributed by atoms with Crippen LogP contribution in [0.3, 0.4) is 0 Å². The van der Waals surface area contributed by atoms with Gasteiger partial charge in [-0.15, -0.1) is 0 Å². The average molecular weight is 348 g/mol. The summed E-state index contributed by atoms with van der Waals surface area (Å²) in [6.07, 6.45) is 7.78. The fourth-order valence-corrected chi connectivity index (χ4v) is 7.28. The number of hydrogen-bond acceptors (Lipinski definition) is 3. The fraction of sp³-hybridized carbons (Fsp3) is 0. The quantitative estimate of drug-likeness (QED) is 0.456. The summed E-state index contributed by atoms with van der Waals surface area (Å²) in [5.41, 5.74) is 7.53. The third-order valence-corrected chi connectivity index (χ3v) is 8.07. The van der Waals surface area contributed by atoms with Crippen molar-refractivity contribution in [2.45, 2.75) is 0 Å². The van der Waals surface area contributed by atoms with Crippen molar-refractivity contribution in [1.29, 1.82) is 0 Å². The van der Waals surface area contributed by atoms with E-state index in [9.17, 15) is 0 Å². The van der Waals surface area contributed by atoms with Crippen LogP contribution in [0.5, 0.6) is 0 Å². The Bertz CT molecular complexity index is 987. The Morgan fingerprint density at radius 2 is 1.08 bits per heavy atom. The van der Waals surface area contributed by atoms with E-state index < -0.39 is 8.96 Å². The summed E-state index contributed by atoms with van der Waals surface area (Å²) in [7, 11) is -1.15. The number of benzene rings is 2. The van der Waals surface area contributed by atoms with Crippen molar-refractivity contribution in [3.63, 3.8) is 0 Å². The van der Waals surface area contributed by atoms with Crippen molar-refractivity contribution in [2.24, 2.45) is 0 Å². The molecule has 4 heterocycles. The molecule has 4 heteroatoms. The first-order valence-corrected chi connectivity index (χ1v) is 10.1. The molecule has 0 unspecified atom stereocenters. The number of aromatic nitrogens is 2. The van der Waals surface area contributed by atoms with Crippen LogP contribution in [-0.2, 0) is 0 Å². The number of nitrogens with zero attached hydrogens (tertiary/aromatic N) is 3. The largest absolute Gasteiger partial charge is 0.359 e. The van der Waals surface area contributed by atoms with Crippen LogP contribution in [0.1, 0.15) is 0 Å². The van der Waals surface area contributed by atoms with Crippen LogP contribution in [0.15, 0.2) is 85.5 Å². The third kappa shape index (κ3) is 1.71. The van der Waals surface area contributed by atoms with Crippen molar-refractivity contribution in [1.82, 2.24) is 9.97 Å². The highest BCUT2D eigenvalue weighted by atomic mass is 28.3. The molecule has 0 saturated heterocycles. The molecule has 2 aliphatic rings. The van der Waals surface area contributed by atoms with Crippen LogP contribution in [0, 0.1) is 0 Å². The van der Waals surface area contributed by atoms with Crippen LogP contribution < -0.4 is 14.9 Å². The summed E-state index contributed by atoms with van der Waals surface area (Å²) in [4.78, 5) is 8.81. The van der Waals surface area contributed by atoms with Gasteiger partial charge < -0.3 is 4.57 Å². The minimum atomic E-state index is -1.15. The second kappa shape index (κ2) is 5.13. The van der Waals surface area contributed by atoms with Crippen LogP contribution in [0.2, 0.25) is 0 Å². The Kier molecular flexibility index (Phi) is 2.76. The average Bonchev–Trinajstić information content (AvgIpc) is 2.73. The SMILES string of the molecule is c1ccc2c(c1)-c1cnccc1N1c3ccncc3-c3ccccc3[Si]21. The zero-order valence-corrected chi connectivity index (χ0v) is 14.9. The van der Waals surface area contributed by atoms with E-state index >= 15 is 0 Å². The van der Waals surface area contributed by atoms with Gasteiger partial charge in [0.15, 0.2) is 0 Å². The highest BCUT2D eigenvalue weighted by molar-refractivity contribution is 6.92. The van der Waals surface area contributed by atoms with Gasteiger partial charge in [0.25, 0.3) is 0 Å². The maximum absolute atomic E-state index is 4.41. The first-order chi connectivity index (χ1) is 12.9. The van der Waals surface area contributed by atoms with E-state index in [2.05, 4.69) is 75.2 Å². The molecule has 0 atom stereocenters. The smallest absolute Gasteiger partial charge is 0.248 e. The number of pyridine rings is 2. The molecule has 4 aromatic rings. The summed E-state index contributed by atoms with van der Waals surface area (Å²) in [5, 5.41) is 2.85. The van der Waals surface area contributed by atoms with E-state index in [0.717, 1.165) is 0 Å². The molecule has 1 radical (unpaired) electrons. The minimum Gasteiger partial charge on any atom is -0.359 e. The van der Waals surface area contributed by atoms with Gasteiger partial charge in [-0.25, -0.2) is 0 Å². The molecule has 3 nitrogen and oxygen atoms in total. The number of anilines is 2. The van der Waals surface area contributed by atoms with Gasteiger partial charge >= 0.3 is 0 Å². The van der Waals surface area contributed by atoms with E-state index in [1.54, 1.807) is 0 Å². The van der Waals surface area contributed by atoms with E-state index in [0.29, 0.717) is 0 Å². The minimum absolute atomic E-state index is 1.15. The van der Waals surface area contributed by atoms with Crippen LogP contribution in [-0.4, -0.2) is 18.9 Å². The summed E-state index contributed by atoms with van der Waals surface area (Å²) >= 11 is 0. The van der Waals surface area contributed by atoms with Gasteiger partial charge in [0.2, 0.25) is 8.96 Å². The van der Waals surface area contributed by atoms with Crippen LogP contribution in [0.25, 0.3) is 22.3 Å². The van der Waals surface area contributed by atoms with Crippen molar-refractivity contribution >= 4 is 30.7 Å². The lowest BCUT2D eigenvalue weighted by molar-refractivity contribution is 1.25. The van der Waals surface area contributed by atoms with Gasteiger partial charge in [0.1, 0.15) is 0 Å². The Hall–Kier alpha value is -3.24. The summed E-state index contributed by atoms with van der Waals surface area (Å²) in [6, 6.07) is 21.9. The molecule has 0 aliphatic carbocycles. The second-order valence-electron chi connectivity index (χ2n) is 6.56. The molecule has 0 bridgehead atoms. The molecule has 6 rings (SSSR count). The first kappa shape index (κ1) is 14.0. The van der Waals surface area contributed by atoms with E-state index in [1.807, 2.05) is 24.8 Å². The molecular formula is C22H14N3Si. The lowest BCUT2D eigenvalue weighted by atomic mass is 10.0. The predicted molar refractivity (Wildman–Crippen MR) is 107 cm³/mol. The number of fused-ring (bicyclic) bond motifs is 11. The maximum Gasteiger partial charge on any atom is 0.248 e. The summed E-state index contributed by atoms with van der Waals surface area (Å²) in [5.74, 6) is 0. The highest BCUT2D eigenvalue weighted by Gasteiger charge is 2.40. The topological polar surface area (TPSA) is 29.0 Å². The predicted octanol–water partition coefficient (Wildman–Crippen LogP) is 3.38. The molecule has 121 valence electrons. The monoisotopic (exact) mass is 348 g/mol. The number of hydrogen-bond donors (Lipinski definition) is 0. The summed E-state index contributed by atoms with van der Waals surface area (Å²) in [6.45, 7) is 0. The molecule has 26 heavy (non-hydrogen) atoms. The van der Waals surface area contributed by atoms with Crippen molar-refractivity contribution in [2.75, 3.05) is 4.57 Å². The standard InChI is InChI=1S/C22H14N3Si/c1-3-7-21-15(5-1)17-13-23-11-9-19(17)25-20-10-12-24-14-18(20)16-6-2-4-8-22(16)26(21)25/h1-14H. The van der Waals surface area contributed by atoms with Gasteiger partial charge in [-0.1, -0.05) is 48.5 Å². The second-order valence-corrected chi connectivity index (χ2v) is 8.78. The summed E-state index contributed by atoms with van der Waals surface area (Å²) < 4.78 is 2.54. The molecular weight excluding hydrogens is 334 g/mol. The van der Waals surface area contributed by atoms with Crippen LogP contribution in [0.4, 0.5) is 11.4 Å². The van der Waals surface area contributed by atoms with Crippen molar-refractivity contribution in [3.8, 4) is 22.3 Å². The maximum atomic E-state index is 4.41. The Morgan fingerprint density at radius 3 is 1.62 bits per heavy atom. The zero-order valence-electron chi connectivity index (χ0n) is 13.9. The van der Waals surface area contributed by atoms with Crippen LogP contribution >= 0.6 is 0 Å². The Morgan fingerprint density at radius 1 is 0.577 bits per heavy atom. The molecule has 0 amide bonds. The van der Waals surface area contributed by atoms with E-state index in [1.165, 1.54) is 44.0 Å². The van der Waals surface area contributed by atoms with Gasteiger partial charge in [0.05, 0.1) is 0 Å². The first-order valence-electron chi connectivity index (χ1n) is 8.68. The van der Waals surface area contributed by atoms with Gasteiger partial charge in [-0.3, -0.25) is 9.97 Å². The fourth-order valence-electron chi connectivity index (χ4n) is 4.18. The highest BCUT2D eigenvalue weighted by Crippen LogP contribution is 2.44. The van der Waals surface area contributed by atoms with E-state index in [4.69, 9.17) is 0 Å². The lowest BCUT2D eigenvalue weighted by Crippen LogP contribution is -2.59.